The summed E-state index contributed by atoms with van der Waals surface area (Å²) in [6.45, 7) is 1.66. The maximum absolute atomic E-state index is 12.1. The zero-order valence-corrected chi connectivity index (χ0v) is 10.6. The number of amides is 1. The van der Waals surface area contributed by atoms with Crippen LogP contribution in [0.25, 0.3) is 10.9 Å². The first-order valence-corrected chi connectivity index (χ1v) is 5.90. The molecule has 7 heteroatoms. The highest BCUT2D eigenvalue weighted by Crippen LogP contribution is 2.20. The van der Waals surface area contributed by atoms with E-state index >= 15 is 0 Å². The van der Waals surface area contributed by atoms with Crippen LogP contribution in [0.4, 0.5) is 11.7 Å². The summed E-state index contributed by atoms with van der Waals surface area (Å²) in [5.74, 6) is -0.0163. The zero-order valence-electron chi connectivity index (χ0n) is 10.6. The van der Waals surface area contributed by atoms with Crippen molar-refractivity contribution < 1.29 is 9.32 Å². The molecule has 0 saturated heterocycles. The molecular formula is C13H11N5O2. The summed E-state index contributed by atoms with van der Waals surface area (Å²) in [5, 5.41) is 6.86. The van der Waals surface area contributed by atoms with Crippen molar-refractivity contribution in [3.8, 4) is 0 Å². The Hall–Kier alpha value is -2.96. The maximum atomic E-state index is 12.1. The molecule has 0 unspecified atom stereocenters. The van der Waals surface area contributed by atoms with Gasteiger partial charge >= 0.3 is 6.01 Å². The molecular weight excluding hydrogens is 258 g/mol. The Labute approximate surface area is 113 Å². The van der Waals surface area contributed by atoms with E-state index in [2.05, 4.69) is 20.4 Å². The molecule has 0 radical (unpaired) electrons. The van der Waals surface area contributed by atoms with Crippen molar-refractivity contribution in [3.63, 3.8) is 0 Å². The van der Waals surface area contributed by atoms with E-state index in [0.29, 0.717) is 17.0 Å². The van der Waals surface area contributed by atoms with E-state index in [4.69, 9.17) is 10.3 Å². The standard InChI is InChI=1S/C13H11N5O2/c1-7-15-13(20-18-7)17-12(19)11-6-9(14)8-4-2-3-5-10(8)16-11/h2-6H,1H3,(H2,14,16)(H,15,17,18,19). The second kappa shape index (κ2) is 4.61. The monoisotopic (exact) mass is 269 g/mol. The van der Waals surface area contributed by atoms with Crippen LogP contribution in [0.15, 0.2) is 34.9 Å². The molecule has 0 atom stereocenters. The summed E-state index contributed by atoms with van der Waals surface area (Å²) in [4.78, 5) is 20.2. The van der Waals surface area contributed by atoms with Gasteiger partial charge in [0.25, 0.3) is 5.91 Å². The van der Waals surface area contributed by atoms with Crippen LogP contribution in [0.3, 0.4) is 0 Å². The van der Waals surface area contributed by atoms with Gasteiger partial charge in [-0.15, -0.1) is 0 Å². The molecule has 0 aliphatic rings. The predicted octanol–water partition coefficient (Wildman–Crippen LogP) is 1.76. The maximum Gasteiger partial charge on any atom is 0.328 e. The summed E-state index contributed by atoms with van der Waals surface area (Å²) in [7, 11) is 0. The lowest BCUT2D eigenvalue weighted by atomic mass is 10.1. The number of carbonyl (C=O) groups is 1. The third kappa shape index (κ3) is 2.16. The van der Waals surface area contributed by atoms with Crippen LogP contribution in [-0.2, 0) is 0 Å². The number of para-hydroxylation sites is 1. The first-order chi connectivity index (χ1) is 9.63. The number of nitrogens with one attached hydrogen (secondary N) is 1. The lowest BCUT2D eigenvalue weighted by Crippen LogP contribution is -2.14. The highest BCUT2D eigenvalue weighted by molar-refractivity contribution is 6.05. The zero-order chi connectivity index (χ0) is 14.1. The lowest BCUT2D eigenvalue weighted by molar-refractivity contribution is 0.101. The van der Waals surface area contributed by atoms with Crippen LogP contribution in [0, 0.1) is 6.92 Å². The molecule has 3 N–H and O–H groups in total. The number of anilines is 2. The van der Waals surface area contributed by atoms with Gasteiger partial charge in [0.1, 0.15) is 5.69 Å². The molecule has 3 rings (SSSR count). The quantitative estimate of drug-likeness (QED) is 0.734. The second-order valence-electron chi connectivity index (χ2n) is 4.21. The number of nitrogen functional groups attached to an aromatic ring is 1. The predicted molar refractivity (Wildman–Crippen MR) is 73.1 cm³/mol. The van der Waals surface area contributed by atoms with Gasteiger partial charge in [-0.25, -0.2) is 4.98 Å². The minimum atomic E-state index is -0.453. The third-order valence-corrected chi connectivity index (χ3v) is 2.73. The summed E-state index contributed by atoms with van der Waals surface area (Å²) >= 11 is 0. The van der Waals surface area contributed by atoms with Gasteiger partial charge < -0.3 is 10.3 Å². The Morgan fingerprint density at radius 3 is 2.85 bits per heavy atom. The average Bonchev–Trinajstić information content (AvgIpc) is 2.84. The van der Waals surface area contributed by atoms with E-state index in [9.17, 15) is 4.79 Å². The van der Waals surface area contributed by atoms with E-state index in [-0.39, 0.29) is 11.7 Å². The minimum absolute atomic E-state index is 0.0287. The van der Waals surface area contributed by atoms with Gasteiger partial charge in [0.2, 0.25) is 0 Å². The summed E-state index contributed by atoms with van der Waals surface area (Å²) in [6.07, 6.45) is 0. The number of hydrogen-bond donors (Lipinski definition) is 2. The molecule has 0 spiro atoms. The van der Waals surface area contributed by atoms with Crippen LogP contribution in [0.5, 0.6) is 0 Å². The van der Waals surface area contributed by atoms with Gasteiger partial charge in [0.15, 0.2) is 5.82 Å². The first-order valence-electron chi connectivity index (χ1n) is 5.90. The number of benzene rings is 1. The molecule has 1 amide bonds. The van der Waals surface area contributed by atoms with Crippen molar-refractivity contribution in [2.75, 3.05) is 11.1 Å². The summed E-state index contributed by atoms with van der Waals surface area (Å²) < 4.78 is 4.82. The van der Waals surface area contributed by atoms with E-state index in [0.717, 1.165) is 5.39 Å². The Kier molecular flexibility index (Phi) is 2.79. The Morgan fingerprint density at radius 2 is 2.10 bits per heavy atom. The Balaban J connectivity index is 1.95. The van der Waals surface area contributed by atoms with Crippen LogP contribution >= 0.6 is 0 Å². The number of pyridine rings is 1. The van der Waals surface area contributed by atoms with Crippen LogP contribution in [0.1, 0.15) is 16.3 Å². The number of aromatic nitrogens is 3. The molecule has 2 aromatic heterocycles. The molecule has 0 saturated carbocycles. The first kappa shape index (κ1) is 12.1. The van der Waals surface area contributed by atoms with Crippen molar-refractivity contribution in [2.45, 2.75) is 6.92 Å². The minimum Gasteiger partial charge on any atom is -0.398 e. The van der Waals surface area contributed by atoms with Crippen LogP contribution < -0.4 is 11.1 Å². The van der Waals surface area contributed by atoms with Crippen molar-refractivity contribution in [2.24, 2.45) is 0 Å². The highest BCUT2D eigenvalue weighted by atomic mass is 16.5. The van der Waals surface area contributed by atoms with Gasteiger partial charge in [-0.3, -0.25) is 10.1 Å². The number of aryl methyl sites for hydroxylation is 1. The third-order valence-electron chi connectivity index (χ3n) is 2.73. The fraction of sp³-hybridized carbons (Fsp3) is 0.0769. The van der Waals surface area contributed by atoms with Crippen molar-refractivity contribution in [1.82, 2.24) is 15.1 Å². The number of carbonyl (C=O) groups excluding carboxylic acids is 1. The Bertz CT molecular complexity index is 796. The van der Waals surface area contributed by atoms with Crippen molar-refractivity contribution in [3.05, 3.63) is 41.9 Å². The molecule has 7 nitrogen and oxygen atoms in total. The fourth-order valence-electron chi connectivity index (χ4n) is 1.83. The van der Waals surface area contributed by atoms with Gasteiger partial charge in [-0.1, -0.05) is 23.4 Å². The number of nitrogens with zero attached hydrogens (tertiary/aromatic N) is 3. The average molecular weight is 269 g/mol. The molecule has 100 valence electrons. The van der Waals surface area contributed by atoms with Crippen LogP contribution in [-0.4, -0.2) is 21.0 Å². The highest BCUT2D eigenvalue weighted by Gasteiger charge is 2.13. The smallest absolute Gasteiger partial charge is 0.328 e. The number of nitrogens with two attached hydrogens (primary N) is 1. The van der Waals surface area contributed by atoms with Gasteiger partial charge in [0.05, 0.1) is 5.52 Å². The summed E-state index contributed by atoms with van der Waals surface area (Å²) in [5.41, 5.74) is 7.25. The van der Waals surface area contributed by atoms with Gasteiger partial charge in [-0.05, 0) is 19.1 Å². The second-order valence-corrected chi connectivity index (χ2v) is 4.21. The number of hydrogen-bond acceptors (Lipinski definition) is 6. The summed E-state index contributed by atoms with van der Waals surface area (Å²) in [6, 6.07) is 8.88. The largest absolute Gasteiger partial charge is 0.398 e. The van der Waals surface area contributed by atoms with E-state index in [1.807, 2.05) is 18.2 Å². The molecule has 0 aliphatic heterocycles. The molecule has 0 bridgehead atoms. The number of fused-ring (bicyclic) bond motifs is 1. The normalized spacial score (nSPS) is 10.7. The molecule has 3 aromatic rings. The SMILES string of the molecule is Cc1noc(NC(=O)c2cc(N)c3ccccc3n2)n1. The molecule has 1 aromatic carbocycles. The van der Waals surface area contributed by atoms with Crippen molar-refractivity contribution in [1.29, 1.82) is 0 Å². The van der Waals surface area contributed by atoms with Gasteiger partial charge in [0, 0.05) is 11.1 Å². The number of rotatable bonds is 2. The van der Waals surface area contributed by atoms with Gasteiger partial charge in [-0.2, -0.15) is 4.98 Å². The van der Waals surface area contributed by atoms with Crippen LogP contribution in [0.2, 0.25) is 0 Å². The molecule has 2 heterocycles. The molecule has 0 fully saturated rings. The molecule has 0 aliphatic carbocycles. The lowest BCUT2D eigenvalue weighted by Gasteiger charge is -2.05. The van der Waals surface area contributed by atoms with E-state index < -0.39 is 5.91 Å². The molecule has 20 heavy (non-hydrogen) atoms. The topological polar surface area (TPSA) is 107 Å². The van der Waals surface area contributed by atoms with E-state index in [1.54, 1.807) is 13.0 Å². The van der Waals surface area contributed by atoms with E-state index in [1.165, 1.54) is 6.07 Å². The fourth-order valence-corrected chi connectivity index (χ4v) is 1.83. The van der Waals surface area contributed by atoms with Crippen molar-refractivity contribution >= 4 is 28.5 Å². The Morgan fingerprint density at radius 1 is 1.30 bits per heavy atom.